The van der Waals surface area contributed by atoms with Crippen molar-refractivity contribution in [3.05, 3.63) is 0 Å². The van der Waals surface area contributed by atoms with Gasteiger partial charge in [0.05, 0.1) is 0 Å². The fraction of sp³-hybridized carbons (Fsp3) is 1.00. The topological polar surface area (TPSA) is 32.5 Å². The molecule has 0 saturated carbocycles. The van der Waals surface area contributed by atoms with E-state index in [2.05, 4.69) is 16.8 Å². The van der Waals surface area contributed by atoms with E-state index >= 15 is 0 Å². The Balaban J connectivity index is 2.03. The highest BCUT2D eigenvalue weighted by atomic mass is 15.2. The average molecular weight is 253 g/mol. The van der Waals surface area contributed by atoms with Crippen LogP contribution >= 0.6 is 0 Å². The molecular weight excluding hydrogens is 222 g/mol. The molecule has 0 aromatic heterocycles. The zero-order valence-electron chi connectivity index (χ0n) is 12.2. The number of rotatable bonds is 2. The van der Waals surface area contributed by atoms with Crippen molar-refractivity contribution in [1.29, 1.82) is 0 Å². The molecule has 18 heavy (non-hydrogen) atoms. The molecule has 0 aromatic carbocycles. The van der Waals surface area contributed by atoms with Crippen molar-refractivity contribution in [2.24, 2.45) is 5.73 Å². The molecule has 3 nitrogen and oxygen atoms in total. The third-order valence-electron chi connectivity index (χ3n) is 5.05. The zero-order valence-corrected chi connectivity index (χ0v) is 12.2. The molecule has 3 heteroatoms. The van der Waals surface area contributed by atoms with Gasteiger partial charge < -0.3 is 10.6 Å². The quantitative estimate of drug-likeness (QED) is 0.818. The van der Waals surface area contributed by atoms with Crippen molar-refractivity contribution in [3.63, 3.8) is 0 Å². The molecule has 0 aromatic rings. The van der Waals surface area contributed by atoms with E-state index < -0.39 is 0 Å². The molecule has 2 fully saturated rings. The molecular formula is C15H31N3. The number of hydrogen-bond acceptors (Lipinski definition) is 3. The van der Waals surface area contributed by atoms with Gasteiger partial charge in [-0.25, -0.2) is 0 Å². The lowest BCUT2D eigenvalue weighted by Gasteiger charge is -2.44. The van der Waals surface area contributed by atoms with Crippen molar-refractivity contribution in [2.45, 2.75) is 56.9 Å². The molecule has 0 bridgehead atoms. The molecule has 2 aliphatic heterocycles. The maximum Gasteiger partial charge on any atom is 0.0344 e. The Labute approximate surface area is 113 Å². The van der Waals surface area contributed by atoms with Gasteiger partial charge in [-0.3, -0.25) is 4.90 Å². The first-order valence-corrected chi connectivity index (χ1v) is 7.90. The summed E-state index contributed by atoms with van der Waals surface area (Å²) in [4.78, 5) is 5.23. The normalized spacial score (nSPS) is 33.7. The molecule has 2 heterocycles. The van der Waals surface area contributed by atoms with Crippen LogP contribution in [0.3, 0.4) is 0 Å². The summed E-state index contributed by atoms with van der Waals surface area (Å²) in [5, 5.41) is 0. The molecule has 2 aliphatic rings. The van der Waals surface area contributed by atoms with Crippen LogP contribution in [-0.2, 0) is 0 Å². The summed E-state index contributed by atoms with van der Waals surface area (Å²) in [5.41, 5.74) is 6.52. The summed E-state index contributed by atoms with van der Waals surface area (Å²) in [5.74, 6) is 0. The first-order chi connectivity index (χ1) is 8.77. The van der Waals surface area contributed by atoms with E-state index in [-0.39, 0.29) is 0 Å². The van der Waals surface area contributed by atoms with Crippen LogP contribution in [0, 0.1) is 0 Å². The van der Waals surface area contributed by atoms with Crippen LogP contribution in [0.5, 0.6) is 0 Å². The molecule has 2 rings (SSSR count). The Bertz CT molecular complexity index is 236. The van der Waals surface area contributed by atoms with Gasteiger partial charge in [-0.2, -0.15) is 0 Å². The lowest BCUT2D eigenvalue weighted by Crippen LogP contribution is -2.55. The molecule has 0 aliphatic carbocycles. The first kappa shape index (κ1) is 14.3. The molecule has 0 amide bonds. The van der Waals surface area contributed by atoms with Crippen LogP contribution in [0.4, 0.5) is 0 Å². The minimum atomic E-state index is 0.308. The third-order valence-corrected chi connectivity index (χ3v) is 5.05. The summed E-state index contributed by atoms with van der Waals surface area (Å²) >= 11 is 0. The third kappa shape index (κ3) is 3.46. The molecule has 1 unspecified atom stereocenters. The predicted octanol–water partition coefficient (Wildman–Crippen LogP) is 2.07. The zero-order chi connectivity index (χ0) is 12.8. The SMILES string of the molecule is CN1CCCC(CN)(N2CCCCCCC2)CC1. The van der Waals surface area contributed by atoms with Gasteiger partial charge in [-0.15, -0.1) is 0 Å². The summed E-state index contributed by atoms with van der Waals surface area (Å²) in [6.45, 7) is 5.87. The lowest BCUT2D eigenvalue weighted by atomic mass is 9.87. The average Bonchev–Trinajstić information content (AvgIpc) is 2.52. The number of nitrogens with zero attached hydrogens (tertiary/aromatic N) is 2. The van der Waals surface area contributed by atoms with Crippen molar-refractivity contribution >= 4 is 0 Å². The van der Waals surface area contributed by atoms with Crippen molar-refractivity contribution in [2.75, 3.05) is 39.8 Å². The standard InChI is InChI=1S/C15H31N3/c1-17-10-7-8-15(14-16,9-13-17)18-11-5-3-2-4-6-12-18/h2-14,16H2,1H3. The van der Waals surface area contributed by atoms with Gasteiger partial charge in [0.2, 0.25) is 0 Å². The van der Waals surface area contributed by atoms with Crippen LogP contribution in [0.1, 0.15) is 51.4 Å². The van der Waals surface area contributed by atoms with Crippen molar-refractivity contribution in [3.8, 4) is 0 Å². The highest BCUT2D eigenvalue weighted by molar-refractivity contribution is 4.94. The Hall–Kier alpha value is -0.120. The molecule has 0 radical (unpaired) electrons. The van der Waals surface area contributed by atoms with Gasteiger partial charge >= 0.3 is 0 Å². The van der Waals surface area contributed by atoms with Gasteiger partial charge in [0.1, 0.15) is 0 Å². The molecule has 0 spiro atoms. The van der Waals surface area contributed by atoms with Gasteiger partial charge in [0.25, 0.3) is 0 Å². The van der Waals surface area contributed by atoms with Gasteiger partial charge in [-0.05, 0) is 65.3 Å². The first-order valence-electron chi connectivity index (χ1n) is 7.90. The monoisotopic (exact) mass is 253 g/mol. The predicted molar refractivity (Wildman–Crippen MR) is 77.8 cm³/mol. The van der Waals surface area contributed by atoms with Gasteiger partial charge in [0.15, 0.2) is 0 Å². The maximum absolute atomic E-state index is 6.21. The molecule has 106 valence electrons. The smallest absolute Gasteiger partial charge is 0.0344 e. The van der Waals surface area contributed by atoms with Crippen molar-refractivity contribution < 1.29 is 0 Å². The highest BCUT2D eigenvalue weighted by Gasteiger charge is 2.36. The van der Waals surface area contributed by atoms with E-state index in [1.807, 2.05) is 0 Å². The maximum atomic E-state index is 6.21. The van der Waals surface area contributed by atoms with E-state index in [9.17, 15) is 0 Å². The molecule has 2 saturated heterocycles. The second-order valence-electron chi connectivity index (χ2n) is 6.34. The van der Waals surface area contributed by atoms with E-state index in [0.717, 1.165) is 6.54 Å². The summed E-state index contributed by atoms with van der Waals surface area (Å²) in [7, 11) is 2.25. The lowest BCUT2D eigenvalue weighted by molar-refractivity contribution is 0.0698. The Morgan fingerprint density at radius 1 is 0.833 bits per heavy atom. The van der Waals surface area contributed by atoms with E-state index in [0.29, 0.717) is 5.54 Å². The van der Waals surface area contributed by atoms with Crippen LogP contribution in [0.15, 0.2) is 0 Å². The second kappa shape index (κ2) is 6.88. The number of hydrogen-bond donors (Lipinski definition) is 1. The fourth-order valence-electron chi connectivity index (χ4n) is 3.69. The van der Waals surface area contributed by atoms with Crippen LogP contribution in [0.25, 0.3) is 0 Å². The molecule has 2 N–H and O–H groups in total. The Morgan fingerprint density at radius 2 is 1.50 bits per heavy atom. The van der Waals surface area contributed by atoms with Gasteiger partial charge in [0, 0.05) is 12.1 Å². The molecule has 1 atom stereocenters. The number of likely N-dealkylation sites (tertiary alicyclic amines) is 2. The Morgan fingerprint density at radius 3 is 2.17 bits per heavy atom. The van der Waals surface area contributed by atoms with E-state index in [4.69, 9.17) is 5.73 Å². The summed E-state index contributed by atoms with van der Waals surface area (Å²) in [6, 6.07) is 0. The van der Waals surface area contributed by atoms with Crippen LogP contribution in [-0.4, -0.2) is 55.1 Å². The minimum Gasteiger partial charge on any atom is -0.329 e. The fourth-order valence-corrected chi connectivity index (χ4v) is 3.69. The highest BCUT2D eigenvalue weighted by Crippen LogP contribution is 2.29. The van der Waals surface area contributed by atoms with Crippen molar-refractivity contribution in [1.82, 2.24) is 9.80 Å². The van der Waals surface area contributed by atoms with Crippen LogP contribution in [0.2, 0.25) is 0 Å². The number of nitrogens with two attached hydrogens (primary N) is 1. The van der Waals surface area contributed by atoms with E-state index in [1.54, 1.807) is 0 Å². The van der Waals surface area contributed by atoms with E-state index in [1.165, 1.54) is 77.5 Å². The second-order valence-corrected chi connectivity index (χ2v) is 6.34. The van der Waals surface area contributed by atoms with Crippen LogP contribution < -0.4 is 5.73 Å². The summed E-state index contributed by atoms with van der Waals surface area (Å²) < 4.78 is 0. The van der Waals surface area contributed by atoms with Gasteiger partial charge in [-0.1, -0.05) is 19.3 Å². The minimum absolute atomic E-state index is 0.308. The largest absolute Gasteiger partial charge is 0.329 e. The summed E-state index contributed by atoms with van der Waals surface area (Å²) in [6.07, 6.45) is 10.9. The Kier molecular flexibility index (Phi) is 5.46.